The van der Waals surface area contributed by atoms with E-state index in [4.69, 9.17) is 14.2 Å². The maximum absolute atomic E-state index is 13.1. The summed E-state index contributed by atoms with van der Waals surface area (Å²) in [6.07, 6.45) is 9.50. The summed E-state index contributed by atoms with van der Waals surface area (Å²) >= 11 is 0. The van der Waals surface area contributed by atoms with Crippen molar-refractivity contribution in [1.29, 1.82) is 0 Å². The third-order valence-corrected chi connectivity index (χ3v) is 8.80. The Kier molecular flexibility index (Phi) is 12.2. The summed E-state index contributed by atoms with van der Waals surface area (Å²) in [7, 11) is 0. The summed E-state index contributed by atoms with van der Waals surface area (Å²) in [6, 6.07) is 26.5. The van der Waals surface area contributed by atoms with E-state index in [1.807, 2.05) is 55.2 Å². The van der Waals surface area contributed by atoms with Gasteiger partial charge < -0.3 is 19.1 Å². The molecule has 1 fully saturated rings. The highest BCUT2D eigenvalue weighted by Gasteiger charge is 2.20. The standard InChI is InChI=1S/C42H43FN4O4/c1-31-25-37(26-32(2)42(31)51-40-13-12-39(27-45-40)50-30-36-15-18-44-19-16-36)9-14-41(48)47-22-20-46(21-23-47)28-34-5-3-33(4-6-34)17-24-49-29-35-7-10-38(43)11-8-35/h3-16,18-19,25-27H,17,20-24,28-30H2,1-2H3. The molecule has 8 nitrogen and oxygen atoms in total. The van der Waals surface area contributed by atoms with Gasteiger partial charge in [-0.2, -0.15) is 0 Å². The quantitative estimate of drug-likeness (QED) is 0.0875. The molecule has 3 aromatic carbocycles. The minimum atomic E-state index is -0.236. The molecule has 51 heavy (non-hydrogen) atoms. The van der Waals surface area contributed by atoms with E-state index < -0.39 is 0 Å². The Labute approximate surface area is 299 Å². The number of aromatic nitrogens is 2. The van der Waals surface area contributed by atoms with Gasteiger partial charge in [0.1, 0.15) is 23.9 Å². The second-order valence-electron chi connectivity index (χ2n) is 12.7. The van der Waals surface area contributed by atoms with Crippen LogP contribution in [0.15, 0.2) is 110 Å². The van der Waals surface area contributed by atoms with E-state index in [9.17, 15) is 9.18 Å². The number of ether oxygens (including phenoxy) is 3. The Morgan fingerprint density at radius 2 is 1.47 bits per heavy atom. The highest BCUT2D eigenvalue weighted by atomic mass is 19.1. The van der Waals surface area contributed by atoms with Gasteiger partial charge in [-0.25, -0.2) is 9.37 Å². The van der Waals surface area contributed by atoms with E-state index in [1.165, 1.54) is 23.3 Å². The molecule has 0 unspecified atom stereocenters. The van der Waals surface area contributed by atoms with E-state index in [2.05, 4.69) is 39.1 Å². The number of halogens is 1. The van der Waals surface area contributed by atoms with Crippen LogP contribution in [0.1, 0.15) is 38.9 Å². The number of pyridine rings is 2. The Morgan fingerprint density at radius 1 is 0.804 bits per heavy atom. The lowest BCUT2D eigenvalue weighted by Crippen LogP contribution is -2.47. The minimum Gasteiger partial charge on any atom is -0.487 e. The van der Waals surface area contributed by atoms with Crippen LogP contribution in [0.25, 0.3) is 6.08 Å². The lowest BCUT2D eigenvalue weighted by atomic mass is 10.1. The Bertz CT molecular complexity index is 1870. The molecular formula is C42H43FN4O4. The first-order valence-corrected chi connectivity index (χ1v) is 17.2. The maximum atomic E-state index is 13.1. The molecular weight excluding hydrogens is 643 g/mol. The fourth-order valence-corrected chi connectivity index (χ4v) is 5.93. The molecule has 0 spiro atoms. The summed E-state index contributed by atoms with van der Waals surface area (Å²) in [5.74, 6) is 1.67. The molecule has 9 heteroatoms. The van der Waals surface area contributed by atoms with E-state index in [-0.39, 0.29) is 11.7 Å². The fraction of sp³-hybridized carbons (Fsp3) is 0.262. The van der Waals surface area contributed by atoms with Crippen LogP contribution >= 0.6 is 0 Å². The van der Waals surface area contributed by atoms with Gasteiger partial charge in [-0.1, -0.05) is 36.4 Å². The zero-order valence-corrected chi connectivity index (χ0v) is 29.1. The largest absolute Gasteiger partial charge is 0.487 e. The first-order chi connectivity index (χ1) is 24.9. The van der Waals surface area contributed by atoms with Crippen LogP contribution < -0.4 is 9.47 Å². The third-order valence-electron chi connectivity index (χ3n) is 8.80. The number of carbonyl (C=O) groups excluding carboxylic acids is 1. The number of nitrogens with zero attached hydrogens (tertiary/aromatic N) is 4. The van der Waals surface area contributed by atoms with E-state index in [0.29, 0.717) is 44.5 Å². The molecule has 1 amide bonds. The number of benzene rings is 3. The Hall–Kier alpha value is -5.38. The second kappa shape index (κ2) is 17.5. The number of rotatable bonds is 14. The van der Waals surface area contributed by atoms with Crippen molar-refractivity contribution in [2.24, 2.45) is 0 Å². The molecule has 1 aliphatic heterocycles. The molecule has 262 valence electrons. The number of hydrogen-bond acceptors (Lipinski definition) is 7. The van der Waals surface area contributed by atoms with Crippen LogP contribution in [0.5, 0.6) is 17.4 Å². The molecule has 6 rings (SSSR count). The lowest BCUT2D eigenvalue weighted by Gasteiger charge is -2.34. The molecule has 0 bridgehead atoms. The van der Waals surface area contributed by atoms with Crippen LogP contribution in [-0.2, 0) is 35.7 Å². The Morgan fingerprint density at radius 3 is 2.16 bits per heavy atom. The van der Waals surface area contributed by atoms with Crippen molar-refractivity contribution in [3.8, 4) is 17.4 Å². The average Bonchev–Trinajstić information content (AvgIpc) is 3.15. The van der Waals surface area contributed by atoms with Gasteiger partial charge in [0.25, 0.3) is 0 Å². The summed E-state index contributed by atoms with van der Waals surface area (Å²) in [5.41, 5.74) is 7.33. The van der Waals surface area contributed by atoms with Crippen molar-refractivity contribution in [3.05, 3.63) is 154 Å². The number of hydrogen-bond donors (Lipinski definition) is 0. The van der Waals surface area contributed by atoms with E-state index in [0.717, 1.165) is 59.6 Å². The van der Waals surface area contributed by atoms with Crippen molar-refractivity contribution in [2.45, 2.75) is 40.0 Å². The zero-order valence-electron chi connectivity index (χ0n) is 29.1. The molecule has 1 saturated heterocycles. The van der Waals surface area contributed by atoms with Crippen molar-refractivity contribution >= 4 is 12.0 Å². The fourth-order valence-electron chi connectivity index (χ4n) is 5.93. The summed E-state index contributed by atoms with van der Waals surface area (Å²) < 4.78 is 30.8. The first kappa shape index (κ1) is 35.4. The molecule has 5 aromatic rings. The number of carbonyl (C=O) groups is 1. The molecule has 3 heterocycles. The molecule has 2 aromatic heterocycles. The molecule has 0 N–H and O–H groups in total. The van der Waals surface area contributed by atoms with Crippen LogP contribution in [0.3, 0.4) is 0 Å². The molecule has 0 atom stereocenters. The molecule has 0 saturated carbocycles. The van der Waals surface area contributed by atoms with Crippen molar-refractivity contribution < 1.29 is 23.4 Å². The summed E-state index contributed by atoms with van der Waals surface area (Å²) in [6.45, 7) is 9.41. The minimum absolute atomic E-state index is 0.0201. The van der Waals surface area contributed by atoms with Gasteiger partial charge in [0.2, 0.25) is 11.8 Å². The average molecular weight is 687 g/mol. The molecule has 0 radical (unpaired) electrons. The third kappa shape index (κ3) is 10.6. The smallest absolute Gasteiger partial charge is 0.246 e. The predicted molar refractivity (Wildman–Crippen MR) is 196 cm³/mol. The first-order valence-electron chi connectivity index (χ1n) is 17.2. The number of aryl methyl sites for hydroxylation is 2. The summed E-state index contributed by atoms with van der Waals surface area (Å²) in [5, 5.41) is 0. The van der Waals surface area contributed by atoms with Crippen LogP contribution in [-0.4, -0.2) is 58.5 Å². The monoisotopic (exact) mass is 686 g/mol. The van der Waals surface area contributed by atoms with Gasteiger partial charge in [0.15, 0.2) is 0 Å². The van der Waals surface area contributed by atoms with E-state index in [1.54, 1.807) is 42.9 Å². The topological polar surface area (TPSA) is 77.0 Å². The maximum Gasteiger partial charge on any atom is 0.246 e. The van der Waals surface area contributed by atoms with Crippen LogP contribution in [0.2, 0.25) is 0 Å². The van der Waals surface area contributed by atoms with Gasteiger partial charge in [0.05, 0.1) is 19.4 Å². The van der Waals surface area contributed by atoms with Gasteiger partial charge >= 0.3 is 0 Å². The van der Waals surface area contributed by atoms with Crippen LogP contribution in [0.4, 0.5) is 4.39 Å². The summed E-state index contributed by atoms with van der Waals surface area (Å²) in [4.78, 5) is 25.8. The second-order valence-corrected chi connectivity index (χ2v) is 12.7. The van der Waals surface area contributed by atoms with E-state index >= 15 is 0 Å². The van der Waals surface area contributed by atoms with Gasteiger partial charge in [-0.3, -0.25) is 14.7 Å². The highest BCUT2D eigenvalue weighted by molar-refractivity contribution is 5.92. The number of amides is 1. The molecule has 0 aliphatic carbocycles. The van der Waals surface area contributed by atoms with Gasteiger partial charge in [-0.05, 0) is 108 Å². The van der Waals surface area contributed by atoms with Crippen LogP contribution in [0, 0.1) is 19.7 Å². The van der Waals surface area contributed by atoms with Gasteiger partial charge in [-0.15, -0.1) is 0 Å². The number of piperazine rings is 1. The highest BCUT2D eigenvalue weighted by Crippen LogP contribution is 2.30. The molecule has 1 aliphatic rings. The predicted octanol–water partition coefficient (Wildman–Crippen LogP) is 7.72. The SMILES string of the molecule is Cc1cc(C=CC(=O)N2CCN(Cc3ccc(CCOCc4ccc(F)cc4)cc3)CC2)cc(C)c1Oc1ccc(OCc2ccncc2)cn1. The van der Waals surface area contributed by atoms with Crippen molar-refractivity contribution in [1.82, 2.24) is 19.8 Å². The van der Waals surface area contributed by atoms with Crippen molar-refractivity contribution in [3.63, 3.8) is 0 Å². The lowest BCUT2D eigenvalue weighted by molar-refractivity contribution is -0.127. The normalized spacial score (nSPS) is 13.4. The zero-order chi connectivity index (χ0) is 35.4. The van der Waals surface area contributed by atoms with Crippen molar-refractivity contribution in [2.75, 3.05) is 32.8 Å². The van der Waals surface area contributed by atoms with Gasteiger partial charge in [0, 0.05) is 57.3 Å². The Balaban J connectivity index is 0.918.